The number of amides is 7. The van der Waals surface area contributed by atoms with Crippen molar-refractivity contribution in [3.8, 4) is 0 Å². The van der Waals surface area contributed by atoms with Crippen LogP contribution in [0.2, 0.25) is 0 Å². The number of primary amides is 1. The monoisotopic (exact) mass is 942 g/mol. The van der Waals surface area contributed by atoms with Crippen LogP contribution in [-0.2, 0) is 56.0 Å². The summed E-state index contributed by atoms with van der Waals surface area (Å²) in [5.41, 5.74) is 34.8. The molecule has 1 heterocycles. The third-order valence-electron chi connectivity index (χ3n) is 10.2. The number of carboxylic acids is 1. The van der Waals surface area contributed by atoms with Crippen LogP contribution < -0.4 is 66.3 Å². The Kier molecular flexibility index (Phi) is 25.4. The summed E-state index contributed by atoms with van der Waals surface area (Å²) in [4.78, 5) is 130. The number of aliphatic imine (C=N–C) groups is 1. The summed E-state index contributed by atoms with van der Waals surface area (Å²) in [6, 6.07) is -1.16. The molecule has 1 aromatic heterocycles. The SMILES string of the molecule is CC(=O)C(CC(=O)O)NC(=O)C(CCCCN)NC(=O)C(CC(N)=O)NC(=O)C(Cc1ccccc1)NC(=O)C(CCCN=C(N)N)NC(=O)C(Cc1cnc[nH]1)NC(=O)C(N)CCCCN. The second-order valence-electron chi connectivity index (χ2n) is 15.8. The van der Waals surface area contributed by atoms with Crippen molar-refractivity contribution in [2.24, 2.45) is 39.4 Å². The van der Waals surface area contributed by atoms with Gasteiger partial charge in [-0.2, -0.15) is 0 Å². The predicted octanol–water partition coefficient (Wildman–Crippen LogP) is -4.32. The molecule has 0 aliphatic heterocycles. The van der Waals surface area contributed by atoms with Crippen molar-refractivity contribution in [1.82, 2.24) is 41.9 Å². The van der Waals surface area contributed by atoms with Gasteiger partial charge in [-0.1, -0.05) is 36.8 Å². The van der Waals surface area contributed by atoms with E-state index < -0.39 is 108 Å². The number of Topliss-reactive ketones (excluding diaryl/α,β-unsaturated/α-hetero) is 1. The number of imidazole rings is 1. The van der Waals surface area contributed by atoms with Crippen LogP contribution in [0.5, 0.6) is 0 Å². The van der Waals surface area contributed by atoms with E-state index in [9.17, 15) is 48.3 Å². The standard InChI is InChI=1S/C42H67N15O10/c1-24(58)30(21-35(60)61)54-37(63)28(13-6-8-16-44)52-41(67)33(20-34(46)59)57-39(65)31(18-25-10-3-2-4-11-25)56-38(64)29(14-9-17-50-42(47)48)53-40(66)32(19-26-22-49-23-51-26)55-36(62)27(45)12-5-7-15-43/h2-4,10-11,22-23,27-33H,5-9,12-21,43-45H2,1H3,(H2,46,59)(H,49,51)(H,52,67)(H,53,66)(H,54,63)(H,55,62)(H,56,64)(H,57,65)(H,60,61)(H4,47,48,50). The third-order valence-corrected chi connectivity index (χ3v) is 10.2. The van der Waals surface area contributed by atoms with E-state index in [1.54, 1.807) is 30.3 Å². The number of aromatic amines is 1. The number of carbonyl (C=O) groups is 9. The van der Waals surface area contributed by atoms with Gasteiger partial charge in [0.2, 0.25) is 41.4 Å². The number of carboxylic acid groups (broad SMARTS) is 1. The Morgan fingerprint density at radius 1 is 0.627 bits per heavy atom. The molecule has 0 bridgehead atoms. The zero-order chi connectivity index (χ0) is 49.9. The predicted molar refractivity (Wildman–Crippen MR) is 244 cm³/mol. The number of aromatic nitrogens is 2. The maximum absolute atomic E-state index is 14.3. The van der Waals surface area contributed by atoms with E-state index in [-0.39, 0.29) is 51.2 Å². The molecule has 2 rings (SSSR count). The van der Waals surface area contributed by atoms with Gasteiger partial charge >= 0.3 is 5.97 Å². The molecule has 0 fully saturated rings. The highest BCUT2D eigenvalue weighted by molar-refractivity contribution is 5.99. The minimum Gasteiger partial charge on any atom is -0.481 e. The van der Waals surface area contributed by atoms with Crippen LogP contribution >= 0.6 is 0 Å². The van der Waals surface area contributed by atoms with Gasteiger partial charge in [-0.05, 0) is 70.5 Å². The summed E-state index contributed by atoms with van der Waals surface area (Å²) < 4.78 is 0. The molecule has 0 saturated carbocycles. The summed E-state index contributed by atoms with van der Waals surface area (Å²) in [6.45, 7) is 1.78. The smallest absolute Gasteiger partial charge is 0.305 e. The van der Waals surface area contributed by atoms with E-state index in [4.69, 9.17) is 34.4 Å². The number of rotatable bonds is 33. The molecular weight excluding hydrogens is 875 g/mol. The lowest BCUT2D eigenvalue weighted by molar-refractivity contribution is -0.140. The van der Waals surface area contributed by atoms with Gasteiger partial charge in [0, 0.05) is 31.3 Å². The van der Waals surface area contributed by atoms with Crippen LogP contribution in [-0.4, -0.2) is 136 Å². The van der Waals surface area contributed by atoms with Crippen LogP contribution in [0.15, 0.2) is 47.8 Å². The van der Waals surface area contributed by atoms with Gasteiger partial charge < -0.3 is 76.4 Å². The fraction of sp³-hybridized carbons (Fsp3) is 0.548. The van der Waals surface area contributed by atoms with E-state index in [0.717, 1.165) is 6.92 Å². The molecule has 2 aromatic rings. The fourth-order valence-corrected chi connectivity index (χ4v) is 6.58. The topological polar surface area (TPSA) is 443 Å². The molecule has 0 radical (unpaired) electrons. The van der Waals surface area contributed by atoms with Crippen LogP contribution in [0.3, 0.4) is 0 Å². The molecular formula is C42H67N15O10. The number of hydrogen-bond donors (Lipinski definition) is 14. The summed E-state index contributed by atoms with van der Waals surface area (Å²) in [7, 11) is 0. The molecule has 67 heavy (non-hydrogen) atoms. The van der Waals surface area contributed by atoms with Crippen molar-refractivity contribution in [3.05, 3.63) is 54.1 Å². The Bertz CT molecular complexity index is 1960. The lowest BCUT2D eigenvalue weighted by Crippen LogP contribution is -2.60. The first-order chi connectivity index (χ1) is 31.8. The van der Waals surface area contributed by atoms with Crippen molar-refractivity contribution in [2.45, 2.75) is 126 Å². The highest BCUT2D eigenvalue weighted by atomic mass is 16.4. The van der Waals surface area contributed by atoms with Crippen LogP contribution in [0.1, 0.15) is 82.4 Å². The highest BCUT2D eigenvalue weighted by Crippen LogP contribution is 2.10. The zero-order valence-corrected chi connectivity index (χ0v) is 37.7. The normalized spacial score (nSPS) is 14.0. The van der Waals surface area contributed by atoms with E-state index in [1.165, 1.54) is 12.5 Å². The molecule has 7 atom stereocenters. The largest absolute Gasteiger partial charge is 0.481 e. The number of nitrogens with two attached hydrogens (primary N) is 6. The molecule has 0 spiro atoms. The fourth-order valence-electron chi connectivity index (χ4n) is 6.58. The van der Waals surface area contributed by atoms with Crippen molar-refractivity contribution < 1.29 is 48.3 Å². The van der Waals surface area contributed by atoms with Gasteiger partial charge in [-0.3, -0.25) is 48.1 Å². The molecule has 1 aromatic carbocycles. The summed E-state index contributed by atoms with van der Waals surface area (Å²) >= 11 is 0. The number of nitrogens with one attached hydrogen (secondary N) is 7. The van der Waals surface area contributed by atoms with Crippen LogP contribution in [0, 0.1) is 0 Å². The van der Waals surface area contributed by atoms with Gasteiger partial charge in [-0.15, -0.1) is 0 Å². The highest BCUT2D eigenvalue weighted by Gasteiger charge is 2.34. The van der Waals surface area contributed by atoms with Crippen molar-refractivity contribution in [3.63, 3.8) is 0 Å². The molecule has 7 amide bonds. The molecule has 0 aliphatic rings. The summed E-state index contributed by atoms with van der Waals surface area (Å²) in [5.74, 6) is -8.46. The Morgan fingerprint density at radius 2 is 1.12 bits per heavy atom. The first kappa shape index (κ1) is 56.1. The average molecular weight is 942 g/mol. The number of guanidine groups is 1. The minimum atomic E-state index is -1.71. The lowest BCUT2D eigenvalue weighted by atomic mass is 10.0. The van der Waals surface area contributed by atoms with Gasteiger partial charge in [0.15, 0.2) is 11.7 Å². The number of unbranched alkanes of at least 4 members (excludes halogenated alkanes) is 2. The molecule has 7 unspecified atom stereocenters. The first-order valence-electron chi connectivity index (χ1n) is 21.9. The van der Waals surface area contributed by atoms with E-state index in [2.05, 4.69) is 46.9 Å². The number of hydrogen-bond acceptors (Lipinski definition) is 14. The quantitative estimate of drug-likeness (QED) is 0.0183. The lowest BCUT2D eigenvalue weighted by Gasteiger charge is -2.27. The van der Waals surface area contributed by atoms with Gasteiger partial charge in [-0.25, -0.2) is 4.98 Å². The number of nitrogens with zero attached hydrogens (tertiary/aromatic N) is 2. The second kappa shape index (κ2) is 30.3. The van der Waals surface area contributed by atoms with Crippen LogP contribution in [0.4, 0.5) is 0 Å². The first-order valence-corrected chi connectivity index (χ1v) is 21.9. The van der Waals surface area contributed by atoms with Crippen molar-refractivity contribution in [1.29, 1.82) is 0 Å². The number of H-pyrrole nitrogens is 1. The Morgan fingerprint density at radius 3 is 1.64 bits per heavy atom. The molecule has 370 valence electrons. The Labute approximate surface area is 387 Å². The number of aliphatic carboxylic acids is 1. The third kappa shape index (κ3) is 22.2. The molecule has 25 nitrogen and oxygen atoms in total. The Balaban J connectivity index is 2.48. The Hall–Kier alpha value is -6.99. The van der Waals surface area contributed by atoms with Gasteiger partial charge in [0.05, 0.1) is 31.3 Å². The minimum absolute atomic E-state index is 0.0271. The maximum atomic E-state index is 14.3. The molecule has 25 heteroatoms. The van der Waals surface area contributed by atoms with Crippen LogP contribution in [0.25, 0.3) is 0 Å². The number of ketones is 1. The summed E-state index contributed by atoms with van der Waals surface area (Å²) in [6.07, 6.45) is 3.37. The zero-order valence-electron chi connectivity index (χ0n) is 37.7. The molecule has 20 N–H and O–H groups in total. The van der Waals surface area contributed by atoms with Crippen molar-refractivity contribution >= 4 is 59.1 Å². The maximum Gasteiger partial charge on any atom is 0.305 e. The second-order valence-corrected chi connectivity index (χ2v) is 15.8. The van der Waals surface area contributed by atoms with E-state index in [0.29, 0.717) is 49.9 Å². The average Bonchev–Trinajstić information content (AvgIpc) is 3.79. The van der Waals surface area contributed by atoms with E-state index >= 15 is 0 Å². The van der Waals surface area contributed by atoms with Crippen molar-refractivity contribution in [2.75, 3.05) is 19.6 Å². The molecule has 0 aliphatic carbocycles. The summed E-state index contributed by atoms with van der Waals surface area (Å²) in [5, 5.41) is 24.5. The molecule has 0 saturated heterocycles. The van der Waals surface area contributed by atoms with Gasteiger partial charge in [0.1, 0.15) is 30.2 Å². The van der Waals surface area contributed by atoms with Gasteiger partial charge in [0.25, 0.3) is 0 Å². The number of benzene rings is 1. The van der Waals surface area contributed by atoms with E-state index in [1.807, 2.05) is 0 Å². The number of carbonyl (C=O) groups excluding carboxylic acids is 8.